The third-order valence-corrected chi connectivity index (χ3v) is 3.81. The molecule has 0 saturated carbocycles. The summed E-state index contributed by atoms with van der Waals surface area (Å²) in [5.74, 6) is 0.921. The maximum Gasteiger partial charge on any atom is 0.242 e. The number of rotatable bonds is 8. The Labute approximate surface area is 147 Å². The Morgan fingerprint density at radius 1 is 1.36 bits per heavy atom. The summed E-state index contributed by atoms with van der Waals surface area (Å²) in [6.07, 6.45) is 0.167. The fraction of sp³-hybridized carbons (Fsp3) is 0.688. The highest BCUT2D eigenvalue weighted by molar-refractivity contribution is 5.84. The van der Waals surface area contributed by atoms with Crippen LogP contribution in [0, 0.1) is 5.92 Å². The minimum Gasteiger partial charge on any atom is -0.481 e. The van der Waals surface area contributed by atoms with Gasteiger partial charge in [0.2, 0.25) is 23.6 Å². The molecule has 2 heterocycles. The van der Waals surface area contributed by atoms with Gasteiger partial charge >= 0.3 is 0 Å². The molecule has 1 unspecified atom stereocenters. The van der Waals surface area contributed by atoms with E-state index in [2.05, 4.69) is 20.6 Å². The van der Waals surface area contributed by atoms with Crippen molar-refractivity contribution in [1.82, 2.24) is 15.3 Å². The van der Waals surface area contributed by atoms with E-state index in [4.69, 9.17) is 14.2 Å². The Hall–Kier alpha value is -2.13. The number of carbonyl (C=O) groups is 1. The van der Waals surface area contributed by atoms with Crippen LogP contribution in [-0.4, -0.2) is 60.2 Å². The summed E-state index contributed by atoms with van der Waals surface area (Å²) in [7, 11) is 2.98. The van der Waals surface area contributed by atoms with Gasteiger partial charge in [0.25, 0.3) is 0 Å². The Kier molecular flexibility index (Phi) is 6.77. The van der Waals surface area contributed by atoms with Crippen LogP contribution in [0.1, 0.15) is 26.7 Å². The molecule has 1 saturated heterocycles. The molecule has 0 spiro atoms. The highest BCUT2D eigenvalue weighted by atomic mass is 16.6. The van der Waals surface area contributed by atoms with Crippen LogP contribution in [0.3, 0.4) is 0 Å². The zero-order valence-corrected chi connectivity index (χ0v) is 15.0. The number of aliphatic hydroxyl groups excluding tert-OH is 1. The second-order valence-corrected chi connectivity index (χ2v) is 6.27. The highest BCUT2D eigenvalue weighted by Gasteiger charge is 2.30. The van der Waals surface area contributed by atoms with Gasteiger partial charge in [0, 0.05) is 0 Å². The number of carbonyl (C=O) groups excluding carboxylic acids is 1. The number of hydrogen-bond acceptors (Lipinski definition) is 8. The number of nitrogens with one attached hydrogen (secondary N) is 2. The molecule has 1 aromatic heterocycles. The van der Waals surface area contributed by atoms with E-state index in [0.29, 0.717) is 31.2 Å². The van der Waals surface area contributed by atoms with Gasteiger partial charge < -0.3 is 30.0 Å². The summed E-state index contributed by atoms with van der Waals surface area (Å²) in [5.41, 5.74) is 0. The Balaban J connectivity index is 2.12. The lowest BCUT2D eigenvalue weighted by Crippen LogP contribution is -2.48. The first kappa shape index (κ1) is 19.2. The first-order valence-electron chi connectivity index (χ1n) is 8.26. The molecule has 140 valence electrons. The third-order valence-electron chi connectivity index (χ3n) is 3.81. The van der Waals surface area contributed by atoms with Crippen LogP contribution in [0.25, 0.3) is 0 Å². The van der Waals surface area contributed by atoms with Gasteiger partial charge in [-0.15, -0.1) is 0 Å². The van der Waals surface area contributed by atoms with E-state index < -0.39 is 18.4 Å². The summed E-state index contributed by atoms with van der Waals surface area (Å²) in [6, 6.07) is 0.573. The standard InChI is InChI=1S/C16H26N4O5/c1-9(2)7-11(14(21)17-10-5-6-25-15(10)22)18-16-19-12(23-3)8-13(20-16)24-4/h8-11,15,22H,5-7H2,1-4H3,(H,17,21)(H,18,19,20)/t10-,11-,15?/m0/s1. The van der Waals surface area contributed by atoms with E-state index >= 15 is 0 Å². The molecule has 0 bridgehead atoms. The number of methoxy groups -OCH3 is 2. The largest absolute Gasteiger partial charge is 0.481 e. The lowest BCUT2D eigenvalue weighted by Gasteiger charge is -2.23. The predicted octanol–water partition coefficient (Wildman–Crippen LogP) is 0.544. The van der Waals surface area contributed by atoms with Crippen LogP contribution in [0.4, 0.5) is 5.95 Å². The van der Waals surface area contributed by atoms with E-state index in [1.165, 1.54) is 14.2 Å². The van der Waals surface area contributed by atoms with Crippen LogP contribution < -0.4 is 20.1 Å². The third kappa shape index (κ3) is 5.43. The zero-order valence-electron chi connectivity index (χ0n) is 15.0. The Morgan fingerprint density at radius 3 is 2.48 bits per heavy atom. The van der Waals surface area contributed by atoms with Gasteiger partial charge in [-0.3, -0.25) is 4.79 Å². The first-order valence-corrected chi connectivity index (χ1v) is 8.26. The number of anilines is 1. The topological polar surface area (TPSA) is 115 Å². The molecule has 25 heavy (non-hydrogen) atoms. The number of aromatic nitrogens is 2. The fourth-order valence-electron chi connectivity index (χ4n) is 2.54. The van der Waals surface area contributed by atoms with Gasteiger partial charge in [-0.05, 0) is 18.8 Å². The van der Waals surface area contributed by atoms with Gasteiger partial charge in [0.05, 0.1) is 32.9 Å². The molecule has 0 radical (unpaired) electrons. The average molecular weight is 354 g/mol. The second-order valence-electron chi connectivity index (χ2n) is 6.27. The molecular formula is C16H26N4O5. The van der Waals surface area contributed by atoms with Crippen molar-refractivity contribution in [2.24, 2.45) is 5.92 Å². The molecule has 1 aliphatic heterocycles. The van der Waals surface area contributed by atoms with Gasteiger partial charge in [0.1, 0.15) is 6.04 Å². The van der Waals surface area contributed by atoms with Crippen LogP contribution in [-0.2, 0) is 9.53 Å². The lowest BCUT2D eigenvalue weighted by molar-refractivity contribution is -0.126. The van der Waals surface area contributed by atoms with Crippen molar-refractivity contribution < 1.29 is 24.1 Å². The van der Waals surface area contributed by atoms with Gasteiger partial charge in [-0.2, -0.15) is 9.97 Å². The van der Waals surface area contributed by atoms with Crippen molar-refractivity contribution in [2.75, 3.05) is 26.1 Å². The molecule has 1 aliphatic rings. The van der Waals surface area contributed by atoms with Crippen LogP contribution in [0.2, 0.25) is 0 Å². The quantitative estimate of drug-likeness (QED) is 0.620. The SMILES string of the molecule is COc1cc(OC)nc(N[C@@H](CC(C)C)C(=O)N[C@H]2CCOC2O)n1. The number of nitrogens with zero attached hydrogens (tertiary/aromatic N) is 2. The van der Waals surface area contributed by atoms with E-state index in [0.717, 1.165) is 0 Å². The molecule has 3 N–H and O–H groups in total. The zero-order chi connectivity index (χ0) is 18.4. The van der Waals surface area contributed by atoms with E-state index in [1.807, 2.05) is 13.8 Å². The molecule has 1 aromatic rings. The number of amides is 1. The number of aliphatic hydroxyl groups is 1. The lowest BCUT2D eigenvalue weighted by atomic mass is 10.0. The van der Waals surface area contributed by atoms with Crippen LogP contribution >= 0.6 is 0 Å². The average Bonchev–Trinajstić information content (AvgIpc) is 2.98. The summed E-state index contributed by atoms with van der Waals surface area (Å²) < 4.78 is 15.3. The van der Waals surface area contributed by atoms with E-state index in [-0.39, 0.29) is 17.8 Å². The monoisotopic (exact) mass is 354 g/mol. The smallest absolute Gasteiger partial charge is 0.242 e. The number of ether oxygens (including phenoxy) is 3. The number of hydrogen-bond donors (Lipinski definition) is 3. The molecule has 2 rings (SSSR count). The van der Waals surface area contributed by atoms with Crippen molar-refractivity contribution >= 4 is 11.9 Å². The molecule has 1 fully saturated rings. The second kappa shape index (κ2) is 8.82. The van der Waals surface area contributed by atoms with Crippen molar-refractivity contribution in [1.29, 1.82) is 0 Å². The van der Waals surface area contributed by atoms with Crippen molar-refractivity contribution in [3.8, 4) is 11.8 Å². The maximum atomic E-state index is 12.6. The first-order chi connectivity index (χ1) is 11.9. The predicted molar refractivity (Wildman–Crippen MR) is 90.5 cm³/mol. The molecule has 1 amide bonds. The minimum atomic E-state index is -0.975. The Bertz CT molecular complexity index is 561. The molecule has 3 atom stereocenters. The molecule has 0 aromatic carbocycles. The van der Waals surface area contributed by atoms with Gasteiger partial charge in [-0.25, -0.2) is 0 Å². The molecule has 0 aliphatic carbocycles. The highest BCUT2D eigenvalue weighted by Crippen LogP contribution is 2.19. The van der Waals surface area contributed by atoms with Crippen LogP contribution in [0.5, 0.6) is 11.8 Å². The normalized spacial score (nSPS) is 21.0. The minimum absolute atomic E-state index is 0.236. The van der Waals surface area contributed by atoms with Crippen molar-refractivity contribution in [3.63, 3.8) is 0 Å². The summed E-state index contributed by atoms with van der Waals surface area (Å²) >= 11 is 0. The summed E-state index contributed by atoms with van der Waals surface area (Å²) in [6.45, 7) is 4.45. The van der Waals surface area contributed by atoms with Crippen molar-refractivity contribution in [2.45, 2.75) is 45.1 Å². The fourth-order valence-corrected chi connectivity index (χ4v) is 2.54. The Morgan fingerprint density at radius 2 is 2.00 bits per heavy atom. The van der Waals surface area contributed by atoms with E-state index in [9.17, 15) is 9.90 Å². The summed E-state index contributed by atoms with van der Waals surface area (Å²) in [5, 5.41) is 15.6. The van der Waals surface area contributed by atoms with E-state index in [1.54, 1.807) is 6.07 Å². The molecule has 9 heteroatoms. The molecular weight excluding hydrogens is 328 g/mol. The van der Waals surface area contributed by atoms with Gasteiger partial charge in [0.15, 0.2) is 6.29 Å². The summed E-state index contributed by atoms with van der Waals surface area (Å²) in [4.78, 5) is 21.0. The van der Waals surface area contributed by atoms with Crippen molar-refractivity contribution in [3.05, 3.63) is 6.07 Å². The van der Waals surface area contributed by atoms with Gasteiger partial charge in [-0.1, -0.05) is 13.8 Å². The van der Waals surface area contributed by atoms with Crippen LogP contribution in [0.15, 0.2) is 6.07 Å². The molecule has 9 nitrogen and oxygen atoms in total. The maximum absolute atomic E-state index is 12.6.